The van der Waals surface area contributed by atoms with Crippen LogP contribution in [0.4, 0.5) is 0 Å². The number of likely N-dealkylation sites (tertiary alicyclic amines) is 1. The average molecular weight is 341 g/mol. The summed E-state index contributed by atoms with van der Waals surface area (Å²) in [5.74, 6) is -0.465. The number of hydrogen-bond acceptors (Lipinski definition) is 3. The van der Waals surface area contributed by atoms with Crippen LogP contribution in [0.1, 0.15) is 46.8 Å². The summed E-state index contributed by atoms with van der Waals surface area (Å²) in [6.45, 7) is 1.50. The molecule has 1 fully saturated rings. The Morgan fingerprint density at radius 1 is 1.24 bits per heavy atom. The fourth-order valence-corrected chi connectivity index (χ4v) is 3.41. The van der Waals surface area contributed by atoms with E-state index in [0.29, 0.717) is 24.9 Å². The zero-order chi connectivity index (χ0) is 17.8. The molecule has 1 aromatic carbocycles. The van der Waals surface area contributed by atoms with Gasteiger partial charge in [-0.25, -0.2) is 4.79 Å². The van der Waals surface area contributed by atoms with Gasteiger partial charge in [-0.05, 0) is 43.0 Å². The monoisotopic (exact) mass is 341 g/mol. The number of rotatable bonds is 5. The zero-order valence-corrected chi connectivity index (χ0v) is 14.4. The van der Waals surface area contributed by atoms with Crippen molar-refractivity contribution < 1.29 is 14.7 Å². The van der Waals surface area contributed by atoms with E-state index in [9.17, 15) is 9.59 Å². The Morgan fingerprint density at radius 3 is 2.64 bits per heavy atom. The largest absolute Gasteiger partial charge is 0.478 e. The number of amides is 1. The summed E-state index contributed by atoms with van der Waals surface area (Å²) in [5.41, 5.74) is 2.46. The molecule has 132 valence electrons. The van der Waals surface area contributed by atoms with Crippen LogP contribution in [0, 0.1) is 0 Å². The number of aromatic nitrogens is 2. The minimum absolute atomic E-state index is 0.174. The van der Waals surface area contributed by atoms with Gasteiger partial charge in [-0.3, -0.25) is 9.48 Å². The summed E-state index contributed by atoms with van der Waals surface area (Å²) >= 11 is 0. The quantitative estimate of drug-likeness (QED) is 0.906. The number of carbonyl (C=O) groups is 2. The summed E-state index contributed by atoms with van der Waals surface area (Å²) in [4.78, 5) is 25.4. The maximum Gasteiger partial charge on any atom is 0.335 e. The zero-order valence-electron chi connectivity index (χ0n) is 14.4. The molecule has 0 unspecified atom stereocenters. The fourth-order valence-electron chi connectivity index (χ4n) is 3.41. The Kier molecular flexibility index (Phi) is 5.16. The summed E-state index contributed by atoms with van der Waals surface area (Å²) < 4.78 is 1.80. The molecule has 1 aromatic heterocycles. The van der Waals surface area contributed by atoms with Crippen LogP contribution in [0.15, 0.2) is 36.5 Å². The first-order valence-corrected chi connectivity index (χ1v) is 8.62. The SMILES string of the molecule is Cn1nccc1CCC(=O)N1CCC[C@H](c2ccc(C(=O)O)cc2)C1. The molecule has 1 atom stereocenters. The molecule has 0 spiro atoms. The van der Waals surface area contributed by atoms with Crippen LogP contribution in [0.5, 0.6) is 0 Å². The van der Waals surface area contributed by atoms with Crippen molar-refractivity contribution in [1.82, 2.24) is 14.7 Å². The van der Waals surface area contributed by atoms with E-state index in [1.807, 2.05) is 30.1 Å². The predicted octanol–water partition coefficient (Wildman–Crippen LogP) is 2.46. The molecule has 1 amide bonds. The highest BCUT2D eigenvalue weighted by molar-refractivity contribution is 5.87. The molecule has 0 radical (unpaired) electrons. The van der Waals surface area contributed by atoms with E-state index in [-0.39, 0.29) is 11.8 Å². The van der Waals surface area contributed by atoms with Gasteiger partial charge in [-0.15, -0.1) is 0 Å². The van der Waals surface area contributed by atoms with Gasteiger partial charge < -0.3 is 10.0 Å². The van der Waals surface area contributed by atoms with Crippen LogP contribution in [0.25, 0.3) is 0 Å². The topological polar surface area (TPSA) is 75.4 Å². The molecule has 6 nitrogen and oxygen atoms in total. The molecule has 0 saturated carbocycles. The molecule has 1 N–H and O–H groups in total. The maximum atomic E-state index is 12.5. The first-order valence-electron chi connectivity index (χ1n) is 8.62. The lowest BCUT2D eigenvalue weighted by Gasteiger charge is -2.33. The Labute approximate surface area is 147 Å². The summed E-state index contributed by atoms with van der Waals surface area (Å²) in [6, 6.07) is 8.97. The Bertz CT molecular complexity index is 752. The van der Waals surface area contributed by atoms with Gasteiger partial charge >= 0.3 is 5.97 Å². The minimum Gasteiger partial charge on any atom is -0.478 e. The van der Waals surface area contributed by atoms with Crippen molar-refractivity contribution in [3.63, 3.8) is 0 Å². The van der Waals surface area contributed by atoms with Crippen LogP contribution in [-0.4, -0.2) is 44.8 Å². The Morgan fingerprint density at radius 2 is 2.00 bits per heavy atom. The van der Waals surface area contributed by atoms with Crippen LogP contribution < -0.4 is 0 Å². The van der Waals surface area contributed by atoms with Crippen molar-refractivity contribution in [2.75, 3.05) is 13.1 Å². The first-order chi connectivity index (χ1) is 12.0. The van der Waals surface area contributed by atoms with Crippen LogP contribution in [0.3, 0.4) is 0 Å². The molecular formula is C19H23N3O3. The van der Waals surface area contributed by atoms with Crippen LogP contribution >= 0.6 is 0 Å². The molecule has 2 heterocycles. The third-order valence-electron chi connectivity index (χ3n) is 4.92. The van der Waals surface area contributed by atoms with Crippen molar-refractivity contribution in [3.05, 3.63) is 53.3 Å². The van der Waals surface area contributed by atoms with Gasteiger partial charge in [0, 0.05) is 44.4 Å². The normalized spacial score (nSPS) is 17.5. The van der Waals surface area contributed by atoms with Gasteiger partial charge in [-0.1, -0.05) is 12.1 Å². The summed E-state index contributed by atoms with van der Waals surface area (Å²) in [6.07, 6.45) is 4.94. The highest BCUT2D eigenvalue weighted by Crippen LogP contribution is 2.27. The molecule has 0 bridgehead atoms. The van der Waals surface area contributed by atoms with E-state index in [1.54, 1.807) is 23.0 Å². The first kappa shape index (κ1) is 17.2. The van der Waals surface area contributed by atoms with E-state index >= 15 is 0 Å². The van der Waals surface area contributed by atoms with Gasteiger partial charge in [0.2, 0.25) is 5.91 Å². The number of aromatic carboxylic acids is 1. The second-order valence-electron chi connectivity index (χ2n) is 6.55. The maximum absolute atomic E-state index is 12.5. The average Bonchev–Trinajstić information content (AvgIpc) is 3.05. The lowest BCUT2D eigenvalue weighted by Crippen LogP contribution is -2.39. The Hall–Kier alpha value is -2.63. The van der Waals surface area contributed by atoms with Gasteiger partial charge in [0.25, 0.3) is 0 Å². The number of hydrogen-bond donors (Lipinski definition) is 1. The fraction of sp³-hybridized carbons (Fsp3) is 0.421. The lowest BCUT2D eigenvalue weighted by atomic mass is 9.90. The number of nitrogens with zero attached hydrogens (tertiary/aromatic N) is 3. The highest BCUT2D eigenvalue weighted by Gasteiger charge is 2.24. The van der Waals surface area contributed by atoms with Crippen molar-refractivity contribution >= 4 is 11.9 Å². The molecule has 1 aliphatic heterocycles. The molecule has 2 aromatic rings. The molecule has 3 rings (SSSR count). The number of benzene rings is 1. The number of carbonyl (C=O) groups excluding carboxylic acids is 1. The third-order valence-corrected chi connectivity index (χ3v) is 4.92. The van der Waals surface area contributed by atoms with Crippen molar-refractivity contribution in [2.45, 2.75) is 31.6 Å². The van der Waals surface area contributed by atoms with Crippen molar-refractivity contribution in [3.8, 4) is 0 Å². The smallest absolute Gasteiger partial charge is 0.335 e. The van der Waals surface area contributed by atoms with Gasteiger partial charge in [0.05, 0.1) is 5.56 Å². The molecular weight excluding hydrogens is 318 g/mol. The van der Waals surface area contributed by atoms with Gasteiger partial charge in [0.1, 0.15) is 0 Å². The second kappa shape index (κ2) is 7.51. The molecule has 25 heavy (non-hydrogen) atoms. The van der Waals surface area contributed by atoms with E-state index in [2.05, 4.69) is 5.10 Å². The number of carboxylic acid groups (broad SMARTS) is 1. The standard InChI is InChI=1S/C19H23N3O3/c1-21-17(10-11-20-21)8-9-18(23)22-12-2-3-16(13-22)14-4-6-15(7-5-14)19(24)25/h4-7,10-11,16H,2-3,8-9,12-13H2,1H3,(H,24,25)/t16-/m0/s1. The van der Waals surface area contributed by atoms with Crippen molar-refractivity contribution in [1.29, 1.82) is 0 Å². The van der Waals surface area contributed by atoms with Crippen LogP contribution in [-0.2, 0) is 18.3 Å². The molecule has 1 saturated heterocycles. The molecule has 0 aliphatic carbocycles. The van der Waals surface area contributed by atoms with E-state index < -0.39 is 5.97 Å². The third kappa shape index (κ3) is 4.07. The van der Waals surface area contributed by atoms with Gasteiger partial charge in [0.15, 0.2) is 0 Å². The minimum atomic E-state index is -0.915. The van der Waals surface area contributed by atoms with Gasteiger partial charge in [-0.2, -0.15) is 5.10 Å². The lowest BCUT2D eigenvalue weighted by molar-refractivity contribution is -0.132. The van der Waals surface area contributed by atoms with E-state index in [4.69, 9.17) is 5.11 Å². The summed E-state index contributed by atoms with van der Waals surface area (Å²) in [7, 11) is 1.89. The Balaban J connectivity index is 1.59. The summed E-state index contributed by atoms with van der Waals surface area (Å²) in [5, 5.41) is 13.1. The second-order valence-corrected chi connectivity index (χ2v) is 6.55. The highest BCUT2D eigenvalue weighted by atomic mass is 16.4. The number of aryl methyl sites for hydroxylation is 2. The number of piperidine rings is 1. The predicted molar refractivity (Wildman–Crippen MR) is 93.5 cm³/mol. The van der Waals surface area contributed by atoms with Crippen molar-refractivity contribution in [2.24, 2.45) is 7.05 Å². The molecule has 1 aliphatic rings. The van der Waals surface area contributed by atoms with E-state index in [0.717, 1.165) is 30.6 Å². The van der Waals surface area contributed by atoms with Crippen LogP contribution in [0.2, 0.25) is 0 Å². The van der Waals surface area contributed by atoms with E-state index in [1.165, 1.54) is 0 Å². The number of carboxylic acids is 1. The molecule has 6 heteroatoms.